The summed E-state index contributed by atoms with van der Waals surface area (Å²) in [6, 6.07) is 7.67. The maximum Gasteiger partial charge on any atom is 0.253 e. The molecule has 3 rings (SSSR count). The number of rotatable bonds is 6. The van der Waals surface area contributed by atoms with E-state index >= 15 is 0 Å². The van der Waals surface area contributed by atoms with Crippen LogP contribution in [-0.2, 0) is 4.79 Å². The van der Waals surface area contributed by atoms with Gasteiger partial charge < -0.3 is 15.3 Å². The van der Waals surface area contributed by atoms with Crippen LogP contribution in [0.3, 0.4) is 0 Å². The average molecular weight is 344 g/mol. The number of hydrogen-bond donors (Lipinski definition) is 2. The van der Waals surface area contributed by atoms with Crippen LogP contribution in [0.25, 0.3) is 0 Å². The smallest absolute Gasteiger partial charge is 0.253 e. The van der Waals surface area contributed by atoms with Crippen molar-refractivity contribution in [1.29, 1.82) is 0 Å². The highest BCUT2D eigenvalue weighted by molar-refractivity contribution is 5.94. The van der Waals surface area contributed by atoms with Crippen LogP contribution in [0.5, 0.6) is 0 Å². The van der Waals surface area contributed by atoms with Gasteiger partial charge in [0.2, 0.25) is 5.91 Å². The van der Waals surface area contributed by atoms with Crippen molar-refractivity contribution < 1.29 is 14.7 Å². The van der Waals surface area contributed by atoms with Gasteiger partial charge in [0.25, 0.3) is 5.91 Å². The molecule has 1 saturated carbocycles. The lowest BCUT2D eigenvalue weighted by atomic mass is 9.95. The van der Waals surface area contributed by atoms with Gasteiger partial charge in [0.05, 0.1) is 5.92 Å². The number of nitrogens with one attached hydrogen (secondary N) is 1. The summed E-state index contributed by atoms with van der Waals surface area (Å²) < 4.78 is 0. The Kier molecular flexibility index (Phi) is 5.74. The third kappa shape index (κ3) is 4.60. The second-order valence-corrected chi connectivity index (χ2v) is 7.42. The van der Waals surface area contributed by atoms with Crippen molar-refractivity contribution >= 4 is 11.8 Å². The molecule has 2 fully saturated rings. The molecule has 5 heteroatoms. The van der Waals surface area contributed by atoms with E-state index < -0.39 is 0 Å². The number of carbonyl (C=O) groups excluding carboxylic acids is 2. The van der Waals surface area contributed by atoms with Crippen LogP contribution in [0.1, 0.15) is 48.0 Å². The van der Waals surface area contributed by atoms with Gasteiger partial charge in [0.1, 0.15) is 0 Å². The van der Waals surface area contributed by atoms with E-state index in [-0.39, 0.29) is 30.4 Å². The summed E-state index contributed by atoms with van der Waals surface area (Å²) in [7, 11) is 0. The minimum absolute atomic E-state index is 0.00611. The highest BCUT2D eigenvalue weighted by atomic mass is 16.3. The lowest BCUT2D eigenvalue weighted by Crippen LogP contribution is -2.48. The van der Waals surface area contributed by atoms with Gasteiger partial charge in [0.15, 0.2) is 0 Å². The molecule has 0 radical (unpaired) electrons. The topological polar surface area (TPSA) is 69.6 Å². The molecule has 5 nitrogen and oxygen atoms in total. The molecule has 136 valence electrons. The molecule has 1 aliphatic heterocycles. The summed E-state index contributed by atoms with van der Waals surface area (Å²) in [5.74, 6) is 0.409. The summed E-state index contributed by atoms with van der Waals surface area (Å²) in [6.45, 7) is 3.29. The second kappa shape index (κ2) is 8.00. The van der Waals surface area contributed by atoms with Gasteiger partial charge in [-0.2, -0.15) is 0 Å². The maximum atomic E-state index is 12.7. The number of hydrogen-bond acceptors (Lipinski definition) is 3. The molecule has 2 amide bonds. The maximum absolute atomic E-state index is 12.7. The van der Waals surface area contributed by atoms with Crippen molar-refractivity contribution in [3.8, 4) is 0 Å². The summed E-state index contributed by atoms with van der Waals surface area (Å²) in [5, 5.41) is 12.3. The summed E-state index contributed by atoms with van der Waals surface area (Å²) in [4.78, 5) is 27.1. The first kappa shape index (κ1) is 17.9. The quantitative estimate of drug-likeness (QED) is 0.830. The van der Waals surface area contributed by atoms with Gasteiger partial charge in [-0.1, -0.05) is 17.7 Å². The van der Waals surface area contributed by atoms with E-state index in [1.807, 2.05) is 31.2 Å². The molecule has 2 aliphatic rings. The molecular weight excluding hydrogens is 316 g/mol. The number of amides is 2. The first-order valence-electron chi connectivity index (χ1n) is 9.35. The Balaban J connectivity index is 1.59. The molecule has 1 saturated heterocycles. The Hall–Kier alpha value is -1.88. The molecule has 0 spiro atoms. The molecule has 1 aromatic rings. The zero-order valence-electron chi connectivity index (χ0n) is 14.9. The third-order valence-corrected chi connectivity index (χ3v) is 5.34. The molecule has 2 N–H and O–H groups in total. The van der Waals surface area contributed by atoms with E-state index in [1.54, 1.807) is 4.90 Å². The van der Waals surface area contributed by atoms with Gasteiger partial charge in [-0.3, -0.25) is 9.59 Å². The second-order valence-electron chi connectivity index (χ2n) is 7.42. The number of likely N-dealkylation sites (tertiary alicyclic amines) is 1. The first-order chi connectivity index (χ1) is 12.1. The molecule has 2 atom stereocenters. The van der Waals surface area contributed by atoms with Gasteiger partial charge in [-0.15, -0.1) is 0 Å². The monoisotopic (exact) mass is 344 g/mol. The molecule has 0 bridgehead atoms. The van der Waals surface area contributed by atoms with E-state index in [0.717, 1.165) is 31.2 Å². The number of piperidine rings is 1. The van der Waals surface area contributed by atoms with E-state index in [4.69, 9.17) is 0 Å². The van der Waals surface area contributed by atoms with Crippen molar-refractivity contribution in [3.63, 3.8) is 0 Å². The predicted molar refractivity (Wildman–Crippen MR) is 96.2 cm³/mol. The highest BCUT2D eigenvalue weighted by Crippen LogP contribution is 2.34. The number of carbonyl (C=O) groups is 2. The lowest BCUT2D eigenvalue weighted by molar-refractivity contribution is -0.127. The van der Waals surface area contributed by atoms with Crippen LogP contribution < -0.4 is 5.32 Å². The average Bonchev–Trinajstić information content (AvgIpc) is 3.46. The van der Waals surface area contributed by atoms with Gasteiger partial charge in [0, 0.05) is 31.3 Å². The van der Waals surface area contributed by atoms with Gasteiger partial charge >= 0.3 is 0 Å². The number of aliphatic hydroxyl groups is 1. The number of benzene rings is 1. The van der Waals surface area contributed by atoms with Crippen molar-refractivity contribution in [2.75, 3.05) is 19.7 Å². The Labute approximate surface area is 149 Å². The van der Waals surface area contributed by atoms with Crippen molar-refractivity contribution in [2.24, 2.45) is 11.8 Å². The largest absolute Gasteiger partial charge is 0.396 e. The van der Waals surface area contributed by atoms with E-state index in [0.29, 0.717) is 31.0 Å². The molecule has 0 aromatic heterocycles. The van der Waals surface area contributed by atoms with Gasteiger partial charge in [-0.25, -0.2) is 0 Å². The van der Waals surface area contributed by atoms with Crippen molar-refractivity contribution in [3.05, 3.63) is 35.4 Å². The number of aryl methyl sites for hydroxylation is 1. The van der Waals surface area contributed by atoms with E-state index in [2.05, 4.69) is 5.32 Å². The fourth-order valence-electron chi connectivity index (χ4n) is 3.62. The molecule has 25 heavy (non-hydrogen) atoms. The minimum Gasteiger partial charge on any atom is -0.396 e. The SMILES string of the molecule is Cc1ccc(C(=O)N2CCCC(C(=O)NC(CCO)C3CC3)C2)cc1. The first-order valence-corrected chi connectivity index (χ1v) is 9.35. The molecule has 1 aliphatic carbocycles. The number of nitrogens with zero attached hydrogens (tertiary/aromatic N) is 1. The molecular formula is C20H28N2O3. The normalized spacial score (nSPS) is 21.7. The summed E-state index contributed by atoms with van der Waals surface area (Å²) in [5.41, 5.74) is 1.81. The van der Waals surface area contributed by atoms with E-state index in [9.17, 15) is 14.7 Å². The lowest BCUT2D eigenvalue weighted by Gasteiger charge is -2.33. The Morgan fingerprint density at radius 2 is 1.96 bits per heavy atom. The molecule has 1 heterocycles. The van der Waals surface area contributed by atoms with Crippen LogP contribution in [0.4, 0.5) is 0 Å². The number of aliphatic hydroxyl groups excluding tert-OH is 1. The van der Waals surface area contributed by atoms with Crippen molar-refractivity contribution in [1.82, 2.24) is 10.2 Å². The molecule has 2 unspecified atom stereocenters. The standard InChI is InChI=1S/C20H28N2O3/c1-14-4-6-16(7-5-14)20(25)22-11-2-3-17(13-22)19(24)21-18(10-12-23)15-8-9-15/h4-7,15,17-18,23H,2-3,8-13H2,1H3,(H,21,24). The summed E-state index contributed by atoms with van der Waals surface area (Å²) in [6.07, 6.45) is 4.56. The van der Waals surface area contributed by atoms with Crippen LogP contribution in [0.2, 0.25) is 0 Å². The Morgan fingerprint density at radius 1 is 1.24 bits per heavy atom. The zero-order chi connectivity index (χ0) is 17.8. The highest BCUT2D eigenvalue weighted by Gasteiger charge is 2.35. The van der Waals surface area contributed by atoms with Crippen LogP contribution >= 0.6 is 0 Å². The Morgan fingerprint density at radius 3 is 2.60 bits per heavy atom. The van der Waals surface area contributed by atoms with Crippen LogP contribution in [0, 0.1) is 18.8 Å². The fourth-order valence-corrected chi connectivity index (χ4v) is 3.62. The van der Waals surface area contributed by atoms with E-state index in [1.165, 1.54) is 0 Å². The third-order valence-electron chi connectivity index (χ3n) is 5.34. The van der Waals surface area contributed by atoms with Crippen LogP contribution in [0.15, 0.2) is 24.3 Å². The zero-order valence-corrected chi connectivity index (χ0v) is 14.9. The summed E-state index contributed by atoms with van der Waals surface area (Å²) >= 11 is 0. The fraction of sp³-hybridized carbons (Fsp3) is 0.600. The van der Waals surface area contributed by atoms with Gasteiger partial charge in [-0.05, 0) is 57.1 Å². The Bertz CT molecular complexity index is 610. The molecule has 1 aromatic carbocycles. The van der Waals surface area contributed by atoms with Crippen LogP contribution in [-0.4, -0.2) is 47.6 Å². The minimum atomic E-state index is -0.150. The van der Waals surface area contributed by atoms with Crippen molar-refractivity contribution in [2.45, 2.75) is 45.1 Å². The predicted octanol–water partition coefficient (Wildman–Crippen LogP) is 2.12.